The van der Waals surface area contributed by atoms with Gasteiger partial charge in [0.1, 0.15) is 11.5 Å². The average Bonchev–Trinajstić information content (AvgIpc) is 2.60. The Balaban J connectivity index is 2.59. The maximum absolute atomic E-state index is 6.07. The molecular formula is C11H11ClN2O. The van der Waals surface area contributed by atoms with Crippen LogP contribution in [0.3, 0.4) is 0 Å². The highest BCUT2D eigenvalue weighted by molar-refractivity contribution is 6.33. The highest BCUT2D eigenvalue weighted by Crippen LogP contribution is 2.30. The first-order chi connectivity index (χ1) is 7.24. The molecule has 1 aromatic heterocycles. The molecule has 4 heteroatoms. The van der Waals surface area contributed by atoms with Crippen LogP contribution in [0, 0.1) is 6.92 Å². The van der Waals surface area contributed by atoms with Crippen LogP contribution in [-0.4, -0.2) is 5.16 Å². The van der Waals surface area contributed by atoms with Crippen LogP contribution >= 0.6 is 11.6 Å². The van der Waals surface area contributed by atoms with Crippen molar-refractivity contribution in [2.75, 3.05) is 0 Å². The lowest BCUT2D eigenvalue weighted by molar-refractivity contribution is 0.398. The molecular weight excluding hydrogens is 212 g/mol. The molecule has 0 aliphatic heterocycles. The molecule has 3 nitrogen and oxygen atoms in total. The Morgan fingerprint density at radius 2 is 2.13 bits per heavy atom. The second kappa shape index (κ2) is 4.04. The molecule has 1 heterocycles. The van der Waals surface area contributed by atoms with Gasteiger partial charge < -0.3 is 10.3 Å². The van der Waals surface area contributed by atoms with Crippen LogP contribution in [0.2, 0.25) is 5.02 Å². The van der Waals surface area contributed by atoms with Gasteiger partial charge in [-0.15, -0.1) is 0 Å². The Morgan fingerprint density at radius 3 is 2.80 bits per heavy atom. The van der Waals surface area contributed by atoms with E-state index in [0.29, 0.717) is 11.6 Å². The molecule has 2 N–H and O–H groups in total. The van der Waals surface area contributed by atoms with E-state index in [1.165, 1.54) is 0 Å². The number of nitrogens with two attached hydrogens (primary N) is 1. The Kier molecular flexibility index (Phi) is 2.75. The first-order valence-electron chi connectivity index (χ1n) is 4.64. The number of aromatic nitrogens is 1. The van der Waals surface area contributed by atoms with E-state index < -0.39 is 0 Å². The van der Waals surface area contributed by atoms with Gasteiger partial charge in [-0.2, -0.15) is 0 Å². The van der Waals surface area contributed by atoms with Crippen molar-refractivity contribution in [1.29, 1.82) is 0 Å². The lowest BCUT2D eigenvalue weighted by Crippen LogP contribution is -1.98. The maximum Gasteiger partial charge on any atom is 0.138 e. The molecule has 1 aromatic carbocycles. The van der Waals surface area contributed by atoms with Crippen LogP contribution in [0.5, 0.6) is 0 Å². The summed E-state index contributed by atoms with van der Waals surface area (Å²) in [5, 5.41) is 4.63. The summed E-state index contributed by atoms with van der Waals surface area (Å²) in [4.78, 5) is 0. The number of hydrogen-bond acceptors (Lipinski definition) is 3. The fourth-order valence-electron chi connectivity index (χ4n) is 1.50. The van der Waals surface area contributed by atoms with E-state index in [1.807, 2.05) is 31.2 Å². The zero-order valence-corrected chi connectivity index (χ0v) is 9.08. The van der Waals surface area contributed by atoms with E-state index in [9.17, 15) is 0 Å². The molecule has 0 bridgehead atoms. The average molecular weight is 223 g/mol. The Labute approximate surface area is 92.8 Å². The molecule has 0 fully saturated rings. The number of rotatable bonds is 2. The number of halogens is 1. The normalized spacial score (nSPS) is 10.6. The van der Waals surface area contributed by atoms with E-state index in [1.54, 1.807) is 0 Å². The topological polar surface area (TPSA) is 52.0 Å². The summed E-state index contributed by atoms with van der Waals surface area (Å²) in [7, 11) is 0. The summed E-state index contributed by atoms with van der Waals surface area (Å²) in [5.74, 6) is 0.743. The molecule has 0 radical (unpaired) electrons. The van der Waals surface area contributed by atoms with Crippen molar-refractivity contribution in [3.05, 3.63) is 40.6 Å². The molecule has 0 atom stereocenters. The fourth-order valence-corrected chi connectivity index (χ4v) is 1.72. The lowest BCUT2D eigenvalue weighted by Gasteiger charge is -2.01. The molecule has 15 heavy (non-hydrogen) atoms. The molecule has 0 amide bonds. The van der Waals surface area contributed by atoms with Gasteiger partial charge in [-0.05, 0) is 13.0 Å². The monoisotopic (exact) mass is 222 g/mol. The van der Waals surface area contributed by atoms with Crippen LogP contribution in [0.4, 0.5) is 0 Å². The summed E-state index contributed by atoms with van der Waals surface area (Å²) < 4.78 is 5.11. The van der Waals surface area contributed by atoms with E-state index >= 15 is 0 Å². The second-order valence-corrected chi connectivity index (χ2v) is 3.66. The van der Waals surface area contributed by atoms with Gasteiger partial charge in [0.2, 0.25) is 0 Å². The van der Waals surface area contributed by atoms with Gasteiger partial charge in [0.05, 0.1) is 5.02 Å². The Morgan fingerprint density at radius 1 is 1.40 bits per heavy atom. The quantitative estimate of drug-likeness (QED) is 0.850. The highest BCUT2D eigenvalue weighted by Gasteiger charge is 2.14. The van der Waals surface area contributed by atoms with E-state index in [2.05, 4.69) is 5.16 Å². The maximum atomic E-state index is 6.07. The first kappa shape index (κ1) is 10.2. The summed E-state index contributed by atoms with van der Waals surface area (Å²) in [6.07, 6.45) is 0. The fraction of sp³-hybridized carbons (Fsp3) is 0.182. The number of benzene rings is 1. The van der Waals surface area contributed by atoms with E-state index in [-0.39, 0.29) is 0 Å². The Hall–Kier alpha value is -1.32. The van der Waals surface area contributed by atoms with Crippen molar-refractivity contribution in [3.8, 4) is 11.3 Å². The zero-order chi connectivity index (χ0) is 10.8. The van der Waals surface area contributed by atoms with Gasteiger partial charge in [0, 0.05) is 17.7 Å². The van der Waals surface area contributed by atoms with Crippen molar-refractivity contribution < 1.29 is 4.52 Å². The molecule has 2 aromatic rings. The summed E-state index contributed by atoms with van der Waals surface area (Å²) >= 11 is 6.07. The smallest absolute Gasteiger partial charge is 0.138 e. The summed E-state index contributed by atoms with van der Waals surface area (Å²) in [6.45, 7) is 2.24. The van der Waals surface area contributed by atoms with Gasteiger partial charge in [-0.3, -0.25) is 0 Å². The highest BCUT2D eigenvalue weighted by atomic mass is 35.5. The van der Waals surface area contributed by atoms with Gasteiger partial charge in [0.25, 0.3) is 0 Å². The molecule has 0 aliphatic rings. The van der Waals surface area contributed by atoms with Gasteiger partial charge >= 0.3 is 0 Å². The van der Waals surface area contributed by atoms with E-state index in [0.717, 1.165) is 22.6 Å². The van der Waals surface area contributed by atoms with Crippen LogP contribution in [-0.2, 0) is 6.54 Å². The van der Waals surface area contributed by atoms with Crippen molar-refractivity contribution >= 4 is 11.6 Å². The predicted molar refractivity (Wildman–Crippen MR) is 59.6 cm³/mol. The van der Waals surface area contributed by atoms with E-state index in [4.69, 9.17) is 21.9 Å². The van der Waals surface area contributed by atoms with Crippen molar-refractivity contribution in [2.45, 2.75) is 13.5 Å². The minimum atomic E-state index is 0.399. The van der Waals surface area contributed by atoms with Gasteiger partial charge in [-0.25, -0.2) is 0 Å². The lowest BCUT2D eigenvalue weighted by atomic mass is 10.1. The summed E-state index contributed by atoms with van der Waals surface area (Å²) in [5.41, 5.74) is 8.14. The van der Waals surface area contributed by atoms with Crippen LogP contribution in [0.15, 0.2) is 28.8 Å². The van der Waals surface area contributed by atoms with Gasteiger partial charge in [0.15, 0.2) is 0 Å². The molecule has 2 rings (SSSR count). The Bertz CT molecular complexity index is 479. The third-order valence-electron chi connectivity index (χ3n) is 2.32. The van der Waals surface area contributed by atoms with Crippen LogP contribution < -0.4 is 5.73 Å². The first-order valence-corrected chi connectivity index (χ1v) is 5.02. The standard InChI is InChI=1S/C11H11ClN2O/c1-7-9(6-13)11(14-15-7)8-4-2-3-5-10(8)12/h2-5H,6,13H2,1H3. The molecule has 0 unspecified atom stereocenters. The third-order valence-corrected chi connectivity index (χ3v) is 2.65. The third kappa shape index (κ3) is 1.76. The van der Waals surface area contributed by atoms with Crippen molar-refractivity contribution in [2.24, 2.45) is 5.73 Å². The number of nitrogens with zero attached hydrogens (tertiary/aromatic N) is 1. The minimum Gasteiger partial charge on any atom is -0.361 e. The minimum absolute atomic E-state index is 0.399. The molecule has 0 saturated heterocycles. The number of hydrogen-bond donors (Lipinski definition) is 1. The van der Waals surface area contributed by atoms with Crippen LogP contribution in [0.25, 0.3) is 11.3 Å². The predicted octanol–water partition coefficient (Wildman–Crippen LogP) is 2.76. The zero-order valence-electron chi connectivity index (χ0n) is 8.33. The molecule has 78 valence electrons. The second-order valence-electron chi connectivity index (χ2n) is 3.25. The SMILES string of the molecule is Cc1onc(-c2ccccc2Cl)c1CN. The largest absolute Gasteiger partial charge is 0.361 e. The molecule has 0 aliphatic carbocycles. The summed E-state index contributed by atoms with van der Waals surface area (Å²) in [6, 6.07) is 7.51. The van der Waals surface area contributed by atoms with Gasteiger partial charge in [-0.1, -0.05) is 35.0 Å². The van der Waals surface area contributed by atoms with Crippen molar-refractivity contribution in [3.63, 3.8) is 0 Å². The van der Waals surface area contributed by atoms with Crippen LogP contribution in [0.1, 0.15) is 11.3 Å². The molecule has 0 saturated carbocycles. The van der Waals surface area contributed by atoms with Crippen molar-refractivity contribution in [1.82, 2.24) is 5.16 Å². The number of aryl methyl sites for hydroxylation is 1. The molecule has 0 spiro atoms.